The Morgan fingerprint density at radius 3 is 2.75 bits per heavy atom. The normalized spacial score (nSPS) is 25.3. The minimum absolute atomic E-state index is 0.0898. The summed E-state index contributed by atoms with van der Waals surface area (Å²) in [5.41, 5.74) is 2.25. The average molecular weight is 334 g/mol. The van der Waals surface area contributed by atoms with E-state index >= 15 is 0 Å². The first-order chi connectivity index (χ1) is 11.2. The molecule has 3 rings (SSSR count). The van der Waals surface area contributed by atoms with Gasteiger partial charge in [-0.05, 0) is 57.6 Å². The second kappa shape index (κ2) is 6.16. The van der Waals surface area contributed by atoms with Crippen LogP contribution in [0.2, 0.25) is 0 Å². The highest BCUT2D eigenvalue weighted by atomic mass is 19.3. The molecule has 0 bridgehead atoms. The van der Waals surface area contributed by atoms with E-state index in [1.54, 1.807) is 12.1 Å². The van der Waals surface area contributed by atoms with Gasteiger partial charge in [0.2, 0.25) is 0 Å². The number of benzene rings is 1. The topological polar surface area (TPSA) is 9.23 Å². The molecule has 24 heavy (non-hydrogen) atoms. The van der Waals surface area contributed by atoms with Gasteiger partial charge in [-0.15, -0.1) is 0 Å². The SMILES string of the molecule is CCCCC(F)(F)c1ccc2c(c1)OC(C)(C)[C@@H]1CC=C(C)C[C@@H]21. The van der Waals surface area contributed by atoms with Crippen LogP contribution in [-0.2, 0) is 5.92 Å². The van der Waals surface area contributed by atoms with Crippen molar-refractivity contribution in [3.05, 3.63) is 41.0 Å². The van der Waals surface area contributed by atoms with E-state index in [-0.39, 0.29) is 17.6 Å². The Morgan fingerprint density at radius 1 is 1.29 bits per heavy atom. The molecule has 0 N–H and O–H groups in total. The number of allylic oxidation sites excluding steroid dienone is 2. The van der Waals surface area contributed by atoms with Crippen LogP contribution in [0.5, 0.6) is 5.75 Å². The first-order valence-corrected chi connectivity index (χ1v) is 9.11. The van der Waals surface area contributed by atoms with Gasteiger partial charge in [0.25, 0.3) is 5.92 Å². The zero-order valence-corrected chi connectivity index (χ0v) is 15.2. The number of alkyl halides is 2. The number of ether oxygens (including phenoxy) is 1. The number of rotatable bonds is 4. The van der Waals surface area contributed by atoms with Crippen molar-refractivity contribution in [1.29, 1.82) is 0 Å². The van der Waals surface area contributed by atoms with Gasteiger partial charge in [0, 0.05) is 17.9 Å². The van der Waals surface area contributed by atoms with Crippen LogP contribution in [0.3, 0.4) is 0 Å². The highest BCUT2D eigenvalue weighted by Gasteiger charge is 2.45. The second-order valence-electron chi connectivity index (χ2n) is 7.97. The summed E-state index contributed by atoms with van der Waals surface area (Å²) in [4.78, 5) is 0. The van der Waals surface area contributed by atoms with Crippen LogP contribution in [0.25, 0.3) is 0 Å². The fourth-order valence-corrected chi connectivity index (χ4v) is 4.22. The molecular weight excluding hydrogens is 306 g/mol. The largest absolute Gasteiger partial charge is 0.487 e. The minimum atomic E-state index is -2.78. The molecule has 2 atom stereocenters. The lowest BCUT2D eigenvalue weighted by molar-refractivity contribution is -0.0180. The fourth-order valence-electron chi connectivity index (χ4n) is 4.22. The number of halogens is 2. The molecule has 3 heteroatoms. The van der Waals surface area contributed by atoms with E-state index in [0.717, 1.165) is 24.8 Å². The Bertz CT molecular complexity index is 645. The van der Waals surface area contributed by atoms with E-state index < -0.39 is 5.92 Å². The highest BCUT2D eigenvalue weighted by molar-refractivity contribution is 5.45. The van der Waals surface area contributed by atoms with Crippen molar-refractivity contribution in [2.75, 3.05) is 0 Å². The fraction of sp³-hybridized carbons (Fsp3) is 0.619. The molecule has 0 saturated heterocycles. The predicted octanol–water partition coefficient (Wildman–Crippen LogP) is 6.58. The van der Waals surface area contributed by atoms with Crippen molar-refractivity contribution in [3.8, 4) is 5.75 Å². The number of fused-ring (bicyclic) bond motifs is 3. The van der Waals surface area contributed by atoms with Gasteiger partial charge in [0.1, 0.15) is 11.4 Å². The van der Waals surface area contributed by atoms with Gasteiger partial charge in [-0.25, -0.2) is 8.78 Å². The van der Waals surface area contributed by atoms with Crippen molar-refractivity contribution in [2.45, 2.75) is 77.2 Å². The minimum Gasteiger partial charge on any atom is -0.487 e. The van der Waals surface area contributed by atoms with Crippen LogP contribution in [0.4, 0.5) is 8.78 Å². The maximum absolute atomic E-state index is 14.4. The third-order valence-electron chi connectivity index (χ3n) is 5.69. The molecule has 0 spiro atoms. The third kappa shape index (κ3) is 3.10. The summed E-state index contributed by atoms with van der Waals surface area (Å²) in [7, 11) is 0. The maximum atomic E-state index is 14.4. The molecule has 1 nitrogen and oxygen atoms in total. The van der Waals surface area contributed by atoms with E-state index in [2.05, 4.69) is 26.8 Å². The van der Waals surface area contributed by atoms with Crippen LogP contribution in [0.15, 0.2) is 29.8 Å². The van der Waals surface area contributed by atoms with Crippen molar-refractivity contribution in [1.82, 2.24) is 0 Å². The Morgan fingerprint density at radius 2 is 2.04 bits per heavy atom. The summed E-state index contributed by atoms with van der Waals surface area (Å²) in [6.07, 6.45) is 5.50. The summed E-state index contributed by atoms with van der Waals surface area (Å²) in [6.45, 7) is 8.27. The highest BCUT2D eigenvalue weighted by Crippen LogP contribution is 2.52. The van der Waals surface area contributed by atoms with Crippen LogP contribution in [0, 0.1) is 5.92 Å². The Kier molecular flexibility index (Phi) is 4.48. The first-order valence-electron chi connectivity index (χ1n) is 9.11. The van der Waals surface area contributed by atoms with Crippen LogP contribution in [0.1, 0.15) is 76.8 Å². The van der Waals surface area contributed by atoms with Crippen molar-refractivity contribution in [2.24, 2.45) is 5.92 Å². The predicted molar refractivity (Wildman–Crippen MR) is 93.8 cm³/mol. The standard InChI is InChI=1S/C21H28F2O/c1-5-6-11-21(22,23)15-8-9-16-17-12-14(2)7-10-18(17)20(3,4)24-19(16)13-15/h7-9,13,17-18H,5-6,10-12H2,1-4H3/t17-,18+/m0/s1. The Balaban J connectivity index is 1.97. The molecule has 1 aromatic rings. The number of hydrogen-bond donors (Lipinski definition) is 0. The van der Waals surface area contributed by atoms with Gasteiger partial charge in [-0.3, -0.25) is 0 Å². The lowest BCUT2D eigenvalue weighted by Crippen LogP contribution is -2.45. The second-order valence-corrected chi connectivity index (χ2v) is 7.97. The van der Waals surface area contributed by atoms with Crippen LogP contribution >= 0.6 is 0 Å². The Hall–Kier alpha value is -1.38. The van der Waals surface area contributed by atoms with Crippen molar-refractivity contribution >= 4 is 0 Å². The van der Waals surface area contributed by atoms with E-state index in [1.165, 1.54) is 5.57 Å². The molecule has 132 valence electrons. The molecule has 1 heterocycles. The summed E-state index contributed by atoms with van der Waals surface area (Å²) in [5.74, 6) is -1.35. The molecule has 0 aromatic heterocycles. The summed E-state index contributed by atoms with van der Waals surface area (Å²) in [5, 5.41) is 0. The van der Waals surface area contributed by atoms with Crippen molar-refractivity contribution < 1.29 is 13.5 Å². The lowest BCUT2D eigenvalue weighted by Gasteiger charge is -2.47. The molecule has 0 fully saturated rings. The lowest BCUT2D eigenvalue weighted by atomic mass is 9.67. The molecule has 0 saturated carbocycles. The molecule has 0 unspecified atom stereocenters. The molecule has 0 radical (unpaired) electrons. The van der Waals surface area contributed by atoms with Gasteiger partial charge >= 0.3 is 0 Å². The molecule has 2 aliphatic rings. The van der Waals surface area contributed by atoms with Crippen LogP contribution in [-0.4, -0.2) is 5.60 Å². The number of hydrogen-bond acceptors (Lipinski definition) is 1. The summed E-state index contributed by atoms with van der Waals surface area (Å²) >= 11 is 0. The monoisotopic (exact) mass is 334 g/mol. The van der Waals surface area contributed by atoms with Gasteiger partial charge in [-0.1, -0.05) is 37.1 Å². The zero-order chi connectivity index (χ0) is 17.5. The van der Waals surface area contributed by atoms with E-state index in [1.807, 2.05) is 13.0 Å². The summed E-state index contributed by atoms with van der Waals surface area (Å²) in [6, 6.07) is 5.09. The van der Waals surface area contributed by atoms with Gasteiger partial charge in [-0.2, -0.15) is 0 Å². The maximum Gasteiger partial charge on any atom is 0.273 e. The molecule has 1 aliphatic carbocycles. The van der Waals surface area contributed by atoms with Gasteiger partial charge in [0.05, 0.1) is 0 Å². The quantitative estimate of drug-likeness (QED) is 0.565. The third-order valence-corrected chi connectivity index (χ3v) is 5.69. The van der Waals surface area contributed by atoms with Crippen molar-refractivity contribution in [3.63, 3.8) is 0 Å². The smallest absolute Gasteiger partial charge is 0.273 e. The van der Waals surface area contributed by atoms with Crippen LogP contribution < -0.4 is 4.74 Å². The molecule has 1 aromatic carbocycles. The van der Waals surface area contributed by atoms with Gasteiger partial charge < -0.3 is 4.74 Å². The van der Waals surface area contributed by atoms with E-state index in [9.17, 15) is 8.78 Å². The average Bonchev–Trinajstić information content (AvgIpc) is 2.51. The molecular formula is C21H28F2O. The molecule has 0 amide bonds. The van der Waals surface area contributed by atoms with E-state index in [4.69, 9.17) is 4.74 Å². The Labute approximate surface area is 144 Å². The first kappa shape index (κ1) is 17.4. The summed E-state index contributed by atoms with van der Waals surface area (Å²) < 4.78 is 35.1. The molecule has 1 aliphatic heterocycles. The number of unbranched alkanes of at least 4 members (excludes halogenated alkanes) is 1. The zero-order valence-electron chi connectivity index (χ0n) is 15.2. The van der Waals surface area contributed by atoms with Gasteiger partial charge in [0.15, 0.2) is 0 Å². The van der Waals surface area contributed by atoms with E-state index in [0.29, 0.717) is 24.0 Å².